The van der Waals surface area contributed by atoms with Gasteiger partial charge in [-0.25, -0.2) is 9.97 Å². The molecule has 400 valence electrons. The van der Waals surface area contributed by atoms with Crippen LogP contribution in [0.2, 0.25) is 0 Å². The van der Waals surface area contributed by atoms with Crippen LogP contribution in [0.3, 0.4) is 0 Å². The predicted molar refractivity (Wildman–Crippen MR) is 289 cm³/mol. The quantitative estimate of drug-likeness (QED) is 0.0758. The van der Waals surface area contributed by atoms with Crippen molar-refractivity contribution in [3.63, 3.8) is 0 Å². The minimum Gasteiger partial charge on any atom is -0.507 e. The van der Waals surface area contributed by atoms with Crippen molar-refractivity contribution in [1.82, 2.24) is 45.3 Å². The maximum Gasteiger partial charge on any atom is 0.254 e. The van der Waals surface area contributed by atoms with Crippen molar-refractivity contribution >= 4 is 40.3 Å². The Balaban J connectivity index is 0.629. The summed E-state index contributed by atoms with van der Waals surface area (Å²) in [6.07, 6.45) is 4.43. The van der Waals surface area contributed by atoms with Crippen molar-refractivity contribution in [2.24, 2.45) is 11.8 Å². The Morgan fingerprint density at radius 3 is 2.45 bits per heavy atom. The van der Waals surface area contributed by atoms with Crippen molar-refractivity contribution in [1.29, 1.82) is 0 Å². The number of anilines is 3. The molecule has 6 aromatic rings. The predicted octanol–water partition coefficient (Wildman–Crippen LogP) is 6.15. The number of pyridine rings is 1. The minimum absolute atomic E-state index is 0.0542. The summed E-state index contributed by atoms with van der Waals surface area (Å²) in [5.74, 6) is 0.896. The molecule has 4 bridgehead atoms. The number of para-hydroxylation sites is 1. The highest BCUT2D eigenvalue weighted by Crippen LogP contribution is 2.39. The lowest BCUT2D eigenvalue weighted by Gasteiger charge is -2.56. The first-order chi connectivity index (χ1) is 36.8. The zero-order chi connectivity index (χ0) is 52.6. The van der Waals surface area contributed by atoms with Gasteiger partial charge in [-0.1, -0.05) is 50.2 Å². The standard InChI is InChI=1S/C56H68N12O7S/c1-33(2)52(56(72)68-31-43(69)24-47(68)55(71)60-34(3)37-9-11-38(12-10-37)53-35(4)59-32-76-53)49-26-51(63-75-49)74-20-18-66-41-22-42(66)29-64(28-41)17-19-73-50-23-39(13-15-58-50)67-27-36-14-16-65(30-40(67)21-36)46-25-45(61-62-54(46)57)44-7-5-6-8-48(44)70/h5-13,15,23,25-26,32-34,36,40-43,47,52,69-70H,14,16-22,24,27-31H2,1-4H3,(H2,57,62)(H,60,71)/t34-,36?,40?,41?,42?,43+,47-,52+/m0/s1. The van der Waals surface area contributed by atoms with Gasteiger partial charge in [0.1, 0.15) is 30.9 Å². The molecule has 6 saturated heterocycles. The van der Waals surface area contributed by atoms with Crippen LogP contribution in [0.15, 0.2) is 89.0 Å². The van der Waals surface area contributed by atoms with Crippen molar-refractivity contribution in [2.75, 3.05) is 81.1 Å². The maximum absolute atomic E-state index is 14.3. The van der Waals surface area contributed by atoms with Crippen LogP contribution in [-0.4, -0.2) is 158 Å². The SMILES string of the molecule is Cc1ncsc1-c1ccc([C@H](C)NC(=O)[C@@H]2C[C@@H](O)CN2C(=O)[C@@H](c2cc(OCCN3C4CC3CN(CCOc3cc(N5CC6CCN(c7cc(-c8ccccc8O)nnc7N)CC5C6)ccn3)C4)no2)C(C)C)cc1. The lowest BCUT2D eigenvalue weighted by Crippen LogP contribution is -2.69. The number of nitrogen functional groups attached to an aromatic ring is 1. The summed E-state index contributed by atoms with van der Waals surface area (Å²) >= 11 is 1.59. The topological polar surface area (TPSA) is 225 Å². The van der Waals surface area contributed by atoms with E-state index in [9.17, 15) is 19.8 Å². The normalized spacial score (nSPS) is 23.3. The molecule has 4 unspecified atom stereocenters. The molecule has 0 radical (unpaired) electrons. The number of nitrogens with zero attached hydrogens (tertiary/aromatic N) is 10. The van der Waals surface area contributed by atoms with Crippen LogP contribution in [0.5, 0.6) is 17.5 Å². The summed E-state index contributed by atoms with van der Waals surface area (Å²) in [6, 6.07) is 23.0. The molecule has 8 atom stereocenters. The van der Waals surface area contributed by atoms with Gasteiger partial charge in [0.25, 0.3) is 5.88 Å². The van der Waals surface area contributed by atoms with Crippen molar-refractivity contribution in [2.45, 2.75) is 95.6 Å². The highest BCUT2D eigenvalue weighted by molar-refractivity contribution is 7.13. The third kappa shape index (κ3) is 10.8. The summed E-state index contributed by atoms with van der Waals surface area (Å²) in [7, 11) is 0. The number of aromatic hydroxyl groups is 1. The largest absolute Gasteiger partial charge is 0.507 e. The number of phenolic OH excluding ortho intramolecular Hbond substituents is 1. The summed E-state index contributed by atoms with van der Waals surface area (Å²) in [6.45, 7) is 14.9. The second-order valence-corrected chi connectivity index (χ2v) is 22.4. The zero-order valence-corrected chi connectivity index (χ0v) is 44.4. The molecule has 20 heteroatoms. The Morgan fingerprint density at radius 2 is 1.67 bits per heavy atom. The highest BCUT2D eigenvalue weighted by atomic mass is 32.1. The van der Waals surface area contributed by atoms with E-state index in [0.29, 0.717) is 65.8 Å². The number of thiazole rings is 1. The molecular formula is C56H68N12O7S. The number of fused-ring (bicyclic) bond motifs is 4. The average molecular weight is 1050 g/mol. The number of carbonyl (C=O) groups is 2. The van der Waals surface area contributed by atoms with E-state index in [2.05, 4.69) is 62.4 Å². The van der Waals surface area contributed by atoms with E-state index in [4.69, 9.17) is 19.7 Å². The number of likely N-dealkylation sites (tertiary alicyclic amines) is 1. The van der Waals surface area contributed by atoms with E-state index in [1.54, 1.807) is 29.5 Å². The van der Waals surface area contributed by atoms with Gasteiger partial charge in [-0.15, -0.1) is 21.5 Å². The number of hydrogen-bond donors (Lipinski definition) is 4. The number of phenols is 1. The second-order valence-electron chi connectivity index (χ2n) is 21.6. The van der Waals surface area contributed by atoms with E-state index in [1.165, 1.54) is 4.90 Å². The van der Waals surface area contributed by atoms with E-state index in [0.717, 1.165) is 98.1 Å². The molecule has 5 N–H and O–H groups in total. The number of benzene rings is 2. The first kappa shape index (κ1) is 51.2. The lowest BCUT2D eigenvalue weighted by atomic mass is 9.87. The molecular weight excluding hydrogens is 985 g/mol. The smallest absolute Gasteiger partial charge is 0.254 e. The molecule has 0 aliphatic carbocycles. The van der Waals surface area contributed by atoms with Crippen LogP contribution < -0.4 is 30.3 Å². The fourth-order valence-electron chi connectivity index (χ4n) is 12.2. The van der Waals surface area contributed by atoms with Gasteiger partial charge in [-0.05, 0) is 85.5 Å². The van der Waals surface area contributed by atoms with E-state index in [-0.39, 0.29) is 48.5 Å². The number of β-amino-alcohol motifs (C(OH)–C–C–N with tert-alkyl or cyclic N) is 1. The summed E-state index contributed by atoms with van der Waals surface area (Å²) in [5.41, 5.74) is 14.4. The number of carbonyl (C=O) groups excluding carboxylic acids is 2. The van der Waals surface area contributed by atoms with Crippen LogP contribution in [0.25, 0.3) is 21.7 Å². The maximum atomic E-state index is 14.3. The Morgan fingerprint density at radius 1 is 0.882 bits per heavy atom. The number of aliphatic hydroxyl groups excluding tert-OH is 1. The fraction of sp³-hybridized carbons (Fsp3) is 0.482. The van der Waals surface area contributed by atoms with E-state index >= 15 is 0 Å². The molecule has 4 aromatic heterocycles. The van der Waals surface area contributed by atoms with Crippen molar-refractivity contribution in [3.8, 4) is 39.2 Å². The van der Waals surface area contributed by atoms with Gasteiger partial charge in [-0.2, -0.15) is 0 Å². The van der Waals surface area contributed by atoms with Gasteiger partial charge in [0.05, 0.1) is 39.6 Å². The van der Waals surface area contributed by atoms with Crippen LogP contribution in [0.1, 0.15) is 75.4 Å². The molecule has 19 nitrogen and oxygen atoms in total. The van der Waals surface area contributed by atoms with Gasteiger partial charge in [0.2, 0.25) is 17.7 Å². The summed E-state index contributed by atoms with van der Waals surface area (Å²) in [4.78, 5) is 49.4. The number of hydrogen-bond acceptors (Lipinski definition) is 18. The van der Waals surface area contributed by atoms with Crippen molar-refractivity contribution < 1.29 is 33.8 Å². The zero-order valence-electron chi connectivity index (χ0n) is 43.6. The number of aromatic nitrogens is 5. The number of aliphatic hydroxyl groups is 1. The van der Waals surface area contributed by atoms with Gasteiger partial charge < -0.3 is 50.0 Å². The fourth-order valence-corrected chi connectivity index (χ4v) is 13.0. The number of piperazine rings is 1. The highest BCUT2D eigenvalue weighted by Gasteiger charge is 2.45. The van der Waals surface area contributed by atoms with Crippen LogP contribution in [-0.2, 0) is 9.59 Å². The van der Waals surface area contributed by atoms with Gasteiger partial charge in [-0.3, -0.25) is 19.4 Å². The Labute approximate surface area is 447 Å². The Bertz CT molecular complexity index is 3000. The molecule has 0 spiro atoms. The number of ether oxygens (including phenoxy) is 2. The van der Waals surface area contributed by atoms with Gasteiger partial charge in [0.15, 0.2) is 11.6 Å². The van der Waals surface area contributed by atoms with Crippen molar-refractivity contribution in [3.05, 3.63) is 102 Å². The van der Waals surface area contributed by atoms with Crippen LogP contribution in [0, 0.1) is 18.8 Å². The third-order valence-electron chi connectivity index (χ3n) is 16.2. The summed E-state index contributed by atoms with van der Waals surface area (Å²) < 4.78 is 18.2. The number of rotatable bonds is 18. The molecule has 0 saturated carbocycles. The lowest BCUT2D eigenvalue weighted by molar-refractivity contribution is -0.141. The number of nitrogens with two attached hydrogens (primary N) is 1. The number of piperidine rings is 1. The number of nitrogens with one attached hydrogen (secondary N) is 1. The Hall–Kier alpha value is -6.87. The third-order valence-corrected chi connectivity index (χ3v) is 17.2. The summed E-state index contributed by atoms with van der Waals surface area (Å²) in [5, 5.41) is 37.1. The molecule has 2 aromatic carbocycles. The monoisotopic (exact) mass is 1050 g/mol. The molecule has 12 rings (SSSR count). The molecule has 6 aliphatic rings. The first-order valence-electron chi connectivity index (χ1n) is 26.7. The van der Waals surface area contributed by atoms with E-state index < -0.39 is 18.1 Å². The van der Waals surface area contributed by atoms with Gasteiger partial charge >= 0.3 is 0 Å². The molecule has 10 heterocycles. The average Bonchev–Trinajstić information content (AvgIpc) is 4.24. The number of aryl methyl sites for hydroxylation is 1. The van der Waals surface area contributed by atoms with E-state index in [1.807, 2.05) is 81.9 Å². The second kappa shape index (κ2) is 22.0. The molecule has 6 aliphatic heterocycles. The first-order valence-corrected chi connectivity index (χ1v) is 27.6. The number of amides is 2. The van der Waals surface area contributed by atoms with Crippen LogP contribution in [0.4, 0.5) is 17.2 Å². The minimum atomic E-state index is -0.829. The van der Waals surface area contributed by atoms with Gasteiger partial charge in [0, 0.05) is 106 Å². The Kier molecular flexibility index (Phi) is 14.8. The molecule has 6 fully saturated rings. The molecule has 76 heavy (non-hydrogen) atoms. The molecule has 2 amide bonds. The van der Waals surface area contributed by atoms with Crippen LogP contribution >= 0.6 is 11.3 Å².